The van der Waals surface area contributed by atoms with E-state index in [0.29, 0.717) is 25.2 Å². The molecule has 0 radical (unpaired) electrons. The summed E-state index contributed by atoms with van der Waals surface area (Å²) in [6.07, 6.45) is -4.68. The smallest absolute Gasteiger partial charge is 0.336 e. The Kier molecular flexibility index (Phi) is 4.22. The molecule has 0 aromatic heterocycles. The first-order valence-corrected chi connectivity index (χ1v) is 6.60. The van der Waals surface area contributed by atoms with Gasteiger partial charge in [-0.05, 0) is 32.0 Å². The van der Waals surface area contributed by atoms with Crippen LogP contribution >= 0.6 is 0 Å². The largest absolute Gasteiger partial charge is 0.416 e. The molecular weight excluding hydrogens is 288 g/mol. The van der Waals surface area contributed by atoms with Crippen molar-refractivity contribution in [3.8, 4) is 0 Å². The Labute approximate surface area is 119 Å². The zero-order chi connectivity index (χ0) is 15.8. The highest BCUT2D eigenvalue weighted by Crippen LogP contribution is 2.30. The number of carbonyl (C=O) groups is 1. The molecule has 1 aromatic rings. The third kappa shape index (κ3) is 3.72. The monoisotopic (exact) mass is 304 g/mol. The molecule has 3 nitrogen and oxygen atoms in total. The molecule has 7 heteroatoms. The van der Waals surface area contributed by atoms with Crippen LogP contribution < -0.4 is 5.32 Å². The molecule has 0 aliphatic carbocycles. The molecule has 1 amide bonds. The van der Waals surface area contributed by atoms with E-state index in [1.54, 1.807) is 0 Å². The maximum absolute atomic E-state index is 13.4. The van der Waals surface area contributed by atoms with Crippen molar-refractivity contribution in [3.05, 3.63) is 35.1 Å². The van der Waals surface area contributed by atoms with Crippen molar-refractivity contribution in [2.75, 3.05) is 13.1 Å². The lowest BCUT2D eigenvalue weighted by Gasteiger charge is -2.36. The van der Waals surface area contributed by atoms with Gasteiger partial charge in [0.1, 0.15) is 5.82 Å². The van der Waals surface area contributed by atoms with Crippen molar-refractivity contribution in [1.82, 2.24) is 10.2 Å². The fraction of sp³-hybridized carbons (Fsp3) is 0.500. The Hall–Kier alpha value is -1.63. The number of nitrogens with one attached hydrogen (secondary N) is 1. The molecule has 1 saturated heterocycles. The molecule has 1 fully saturated rings. The summed E-state index contributed by atoms with van der Waals surface area (Å²) >= 11 is 0. The van der Waals surface area contributed by atoms with Crippen molar-refractivity contribution < 1.29 is 22.4 Å². The molecule has 0 unspecified atom stereocenters. The van der Waals surface area contributed by atoms with E-state index >= 15 is 0 Å². The predicted molar refractivity (Wildman–Crippen MR) is 69.4 cm³/mol. The van der Waals surface area contributed by atoms with Gasteiger partial charge in [-0.15, -0.1) is 0 Å². The molecule has 2 rings (SSSR count). The van der Waals surface area contributed by atoms with E-state index in [4.69, 9.17) is 0 Å². The molecule has 1 aromatic carbocycles. The van der Waals surface area contributed by atoms with Gasteiger partial charge in [-0.2, -0.15) is 13.2 Å². The standard InChI is InChI=1S/C14H16F4N2O/c1-8-6-20(7-9(2)19-8)13(21)10-3-11(14(16,17)18)5-12(15)4-10/h3-5,8-9,19H,6-7H2,1-2H3/t8-,9+. The quantitative estimate of drug-likeness (QED) is 0.809. The Morgan fingerprint density at radius 2 is 1.76 bits per heavy atom. The average Bonchev–Trinajstić information content (AvgIpc) is 2.35. The molecule has 0 bridgehead atoms. The lowest BCUT2D eigenvalue weighted by atomic mass is 10.1. The van der Waals surface area contributed by atoms with Crippen LogP contribution in [0.2, 0.25) is 0 Å². The summed E-state index contributed by atoms with van der Waals surface area (Å²) in [6, 6.07) is 2.00. The molecule has 0 spiro atoms. The van der Waals surface area contributed by atoms with E-state index in [9.17, 15) is 22.4 Å². The highest BCUT2D eigenvalue weighted by Gasteiger charge is 2.33. The van der Waals surface area contributed by atoms with Crippen LogP contribution in [0, 0.1) is 5.82 Å². The van der Waals surface area contributed by atoms with Crippen LogP contribution in [0.3, 0.4) is 0 Å². The third-order valence-corrected chi connectivity index (χ3v) is 3.32. The fourth-order valence-electron chi connectivity index (χ4n) is 2.55. The van der Waals surface area contributed by atoms with E-state index in [-0.39, 0.29) is 17.6 Å². The van der Waals surface area contributed by atoms with Crippen molar-refractivity contribution in [3.63, 3.8) is 0 Å². The number of nitrogens with zero attached hydrogens (tertiary/aromatic N) is 1. The number of benzene rings is 1. The topological polar surface area (TPSA) is 32.3 Å². The summed E-state index contributed by atoms with van der Waals surface area (Å²) < 4.78 is 51.4. The van der Waals surface area contributed by atoms with Gasteiger partial charge in [-0.25, -0.2) is 4.39 Å². The number of rotatable bonds is 1. The molecule has 116 valence electrons. The highest BCUT2D eigenvalue weighted by atomic mass is 19.4. The molecule has 1 N–H and O–H groups in total. The van der Waals surface area contributed by atoms with Crippen LogP contribution in [-0.4, -0.2) is 36.0 Å². The van der Waals surface area contributed by atoms with Crippen molar-refractivity contribution in [2.45, 2.75) is 32.1 Å². The van der Waals surface area contributed by atoms with E-state index in [2.05, 4.69) is 5.32 Å². The maximum atomic E-state index is 13.4. The van der Waals surface area contributed by atoms with Gasteiger partial charge < -0.3 is 10.2 Å². The number of hydrogen-bond donors (Lipinski definition) is 1. The number of piperazine rings is 1. The van der Waals surface area contributed by atoms with Gasteiger partial charge in [-0.1, -0.05) is 0 Å². The predicted octanol–water partition coefficient (Wildman–Crippen LogP) is 2.67. The lowest BCUT2D eigenvalue weighted by molar-refractivity contribution is -0.137. The molecule has 0 saturated carbocycles. The van der Waals surface area contributed by atoms with Crippen LogP contribution in [0.25, 0.3) is 0 Å². The van der Waals surface area contributed by atoms with Crippen molar-refractivity contribution in [1.29, 1.82) is 0 Å². The second-order valence-electron chi connectivity index (χ2n) is 5.41. The number of amides is 1. The Bertz CT molecular complexity index is 534. The van der Waals surface area contributed by atoms with Gasteiger partial charge in [0, 0.05) is 30.7 Å². The molecule has 1 aliphatic heterocycles. The lowest BCUT2D eigenvalue weighted by Crippen LogP contribution is -2.55. The van der Waals surface area contributed by atoms with Crippen LogP contribution in [0.1, 0.15) is 29.8 Å². The number of halogens is 4. The van der Waals surface area contributed by atoms with E-state index in [0.717, 1.165) is 6.07 Å². The maximum Gasteiger partial charge on any atom is 0.416 e. The SMILES string of the molecule is C[C@@H]1CN(C(=O)c2cc(F)cc(C(F)(F)F)c2)C[C@H](C)N1. The summed E-state index contributed by atoms with van der Waals surface area (Å²) in [6.45, 7) is 4.51. The minimum absolute atomic E-state index is 0.0355. The zero-order valence-corrected chi connectivity index (χ0v) is 11.7. The Balaban J connectivity index is 2.29. The van der Waals surface area contributed by atoms with E-state index in [1.165, 1.54) is 4.90 Å². The molecule has 1 heterocycles. The van der Waals surface area contributed by atoms with Gasteiger partial charge in [0.05, 0.1) is 5.56 Å². The fourth-order valence-corrected chi connectivity index (χ4v) is 2.55. The second kappa shape index (κ2) is 5.63. The van der Waals surface area contributed by atoms with E-state index in [1.807, 2.05) is 13.8 Å². The van der Waals surface area contributed by atoms with Gasteiger partial charge in [0.25, 0.3) is 5.91 Å². The third-order valence-electron chi connectivity index (χ3n) is 3.32. The minimum atomic E-state index is -4.68. The van der Waals surface area contributed by atoms with Crippen molar-refractivity contribution in [2.24, 2.45) is 0 Å². The van der Waals surface area contributed by atoms with Gasteiger partial charge in [0.15, 0.2) is 0 Å². The first-order valence-electron chi connectivity index (χ1n) is 6.60. The molecule has 2 atom stereocenters. The molecular formula is C14H16F4N2O. The van der Waals surface area contributed by atoms with Crippen LogP contribution in [0.5, 0.6) is 0 Å². The average molecular weight is 304 g/mol. The number of carbonyl (C=O) groups excluding carboxylic acids is 1. The number of alkyl halides is 3. The number of hydrogen-bond acceptors (Lipinski definition) is 2. The molecule has 21 heavy (non-hydrogen) atoms. The first-order chi connectivity index (χ1) is 9.66. The van der Waals surface area contributed by atoms with Gasteiger partial charge in [-0.3, -0.25) is 4.79 Å². The van der Waals surface area contributed by atoms with Crippen LogP contribution in [0.15, 0.2) is 18.2 Å². The summed E-state index contributed by atoms with van der Waals surface area (Å²) in [5, 5.41) is 3.21. The summed E-state index contributed by atoms with van der Waals surface area (Å²) in [5.41, 5.74) is -1.43. The van der Waals surface area contributed by atoms with Gasteiger partial charge in [0.2, 0.25) is 0 Å². The first kappa shape index (κ1) is 15.8. The minimum Gasteiger partial charge on any atom is -0.336 e. The summed E-state index contributed by atoms with van der Waals surface area (Å²) in [7, 11) is 0. The Morgan fingerprint density at radius 1 is 1.19 bits per heavy atom. The van der Waals surface area contributed by atoms with Gasteiger partial charge >= 0.3 is 6.18 Å². The normalized spacial score (nSPS) is 23.2. The van der Waals surface area contributed by atoms with Crippen molar-refractivity contribution >= 4 is 5.91 Å². The second-order valence-corrected chi connectivity index (χ2v) is 5.41. The van der Waals surface area contributed by atoms with Crippen LogP contribution in [0.4, 0.5) is 17.6 Å². The summed E-state index contributed by atoms with van der Waals surface area (Å²) in [4.78, 5) is 13.7. The molecule has 1 aliphatic rings. The van der Waals surface area contributed by atoms with Crippen LogP contribution in [-0.2, 0) is 6.18 Å². The zero-order valence-electron chi connectivity index (χ0n) is 11.7. The highest BCUT2D eigenvalue weighted by molar-refractivity contribution is 5.94. The Morgan fingerprint density at radius 3 is 2.29 bits per heavy atom. The summed E-state index contributed by atoms with van der Waals surface area (Å²) in [5.74, 6) is -1.65. The van der Waals surface area contributed by atoms with E-state index < -0.39 is 23.5 Å².